The van der Waals surface area contributed by atoms with Gasteiger partial charge in [-0.15, -0.1) is 0 Å². The van der Waals surface area contributed by atoms with Crippen molar-refractivity contribution in [3.05, 3.63) is 28.0 Å². The second-order valence-corrected chi connectivity index (χ2v) is 6.81. The molecule has 1 amide bonds. The summed E-state index contributed by atoms with van der Waals surface area (Å²) in [4.78, 5) is 18.0. The van der Waals surface area contributed by atoms with Crippen LogP contribution in [0.4, 0.5) is 0 Å². The van der Waals surface area contributed by atoms with Crippen molar-refractivity contribution in [2.45, 2.75) is 26.6 Å². The highest BCUT2D eigenvalue weighted by molar-refractivity contribution is 7.71. The first-order valence-corrected chi connectivity index (χ1v) is 8.57. The minimum Gasteiger partial charge on any atom is -0.496 e. The molecule has 0 radical (unpaired) electrons. The first kappa shape index (κ1) is 19.4. The first-order valence-electron chi connectivity index (χ1n) is 7.78. The third-order valence-corrected chi connectivity index (χ3v) is 3.89. The van der Waals surface area contributed by atoms with Gasteiger partial charge in [0.15, 0.2) is 5.82 Å². The lowest BCUT2D eigenvalue weighted by Gasteiger charge is -2.17. The van der Waals surface area contributed by atoms with E-state index in [-0.39, 0.29) is 18.5 Å². The Hall–Kier alpha value is -1.90. The van der Waals surface area contributed by atoms with Crippen molar-refractivity contribution in [2.24, 2.45) is 0 Å². The third kappa shape index (κ3) is 5.29. The van der Waals surface area contributed by atoms with Gasteiger partial charge in [0.25, 0.3) is 0 Å². The zero-order valence-corrected chi connectivity index (χ0v) is 16.2. The molecule has 0 saturated heterocycles. The largest absolute Gasteiger partial charge is 0.496 e. The number of nitrogens with zero attached hydrogens (tertiary/aromatic N) is 3. The number of hydrogen-bond acceptors (Lipinski definition) is 5. The molecule has 25 heavy (non-hydrogen) atoms. The summed E-state index contributed by atoms with van der Waals surface area (Å²) >= 11 is 11.4. The summed E-state index contributed by atoms with van der Waals surface area (Å²) in [6, 6.07) is 5.39. The van der Waals surface area contributed by atoms with Gasteiger partial charge in [-0.05, 0) is 51.3 Å². The average Bonchev–Trinajstić information content (AvgIpc) is 2.87. The standard InChI is InChI=1S/C16H22ClN5O2S/c1-10(2)18-14(23)8-21(3)9-22-16(25)19-15(20-22)12-7-11(17)5-6-13(12)24-4/h5-7,10H,8-9H2,1-4H3,(H,18,23)(H,19,20,25). The topological polar surface area (TPSA) is 75.2 Å². The molecule has 0 aliphatic heterocycles. The van der Waals surface area contributed by atoms with Crippen molar-refractivity contribution >= 4 is 29.7 Å². The van der Waals surface area contributed by atoms with E-state index in [1.54, 1.807) is 30.0 Å². The molecule has 0 unspecified atom stereocenters. The van der Waals surface area contributed by atoms with Gasteiger partial charge in [-0.3, -0.25) is 14.8 Å². The maximum Gasteiger partial charge on any atom is 0.234 e. The second-order valence-electron chi connectivity index (χ2n) is 6.01. The summed E-state index contributed by atoms with van der Waals surface area (Å²) in [5.74, 6) is 1.16. The number of halogens is 1. The molecule has 1 heterocycles. The Kier molecular flexibility index (Phi) is 6.57. The molecule has 0 aliphatic carbocycles. The first-order chi connectivity index (χ1) is 11.8. The molecule has 136 valence electrons. The van der Waals surface area contributed by atoms with Gasteiger partial charge in [0, 0.05) is 11.1 Å². The Morgan fingerprint density at radius 3 is 2.88 bits per heavy atom. The van der Waals surface area contributed by atoms with Crippen LogP contribution in [-0.2, 0) is 11.5 Å². The highest BCUT2D eigenvalue weighted by Crippen LogP contribution is 2.30. The van der Waals surface area contributed by atoms with E-state index in [1.807, 2.05) is 25.8 Å². The molecule has 2 rings (SSSR count). The third-order valence-electron chi connectivity index (χ3n) is 3.34. The lowest BCUT2D eigenvalue weighted by molar-refractivity contribution is -0.122. The van der Waals surface area contributed by atoms with Crippen LogP contribution in [0.1, 0.15) is 13.8 Å². The summed E-state index contributed by atoms with van der Waals surface area (Å²) < 4.78 is 7.42. The number of nitrogens with one attached hydrogen (secondary N) is 2. The number of aromatic amines is 1. The molecular formula is C16H22ClN5O2S. The number of hydrogen-bond donors (Lipinski definition) is 2. The number of carbonyl (C=O) groups excluding carboxylic acids is 1. The van der Waals surface area contributed by atoms with Crippen LogP contribution in [0.25, 0.3) is 11.4 Å². The predicted molar refractivity (Wildman–Crippen MR) is 100 cm³/mol. The SMILES string of the molecule is COc1ccc(Cl)cc1-c1nc(=S)n(CN(C)CC(=O)NC(C)C)[nH]1. The maximum absolute atomic E-state index is 11.8. The summed E-state index contributed by atoms with van der Waals surface area (Å²) in [7, 11) is 3.42. The second kappa shape index (κ2) is 8.46. The average molecular weight is 384 g/mol. The Labute approximate surface area is 156 Å². The Morgan fingerprint density at radius 2 is 2.24 bits per heavy atom. The predicted octanol–water partition coefficient (Wildman–Crippen LogP) is 2.68. The van der Waals surface area contributed by atoms with Crippen LogP contribution < -0.4 is 10.1 Å². The quantitative estimate of drug-likeness (QED) is 0.719. The molecular weight excluding hydrogens is 362 g/mol. The van der Waals surface area contributed by atoms with Gasteiger partial charge in [0.05, 0.1) is 25.9 Å². The summed E-state index contributed by atoms with van der Waals surface area (Å²) in [6.07, 6.45) is 0. The zero-order chi connectivity index (χ0) is 18.6. The number of ether oxygens (including phenoxy) is 1. The van der Waals surface area contributed by atoms with Crippen molar-refractivity contribution in [1.29, 1.82) is 0 Å². The number of likely N-dealkylation sites (N-methyl/N-ethyl adjacent to an activating group) is 1. The Morgan fingerprint density at radius 1 is 1.52 bits per heavy atom. The molecule has 9 heteroatoms. The fraction of sp³-hybridized carbons (Fsp3) is 0.438. The Balaban J connectivity index is 2.17. The van der Waals surface area contributed by atoms with E-state index in [9.17, 15) is 4.79 Å². The highest BCUT2D eigenvalue weighted by atomic mass is 35.5. The van der Waals surface area contributed by atoms with Gasteiger partial charge in [-0.1, -0.05) is 11.6 Å². The molecule has 0 bridgehead atoms. The van der Waals surface area contributed by atoms with Crippen molar-refractivity contribution in [1.82, 2.24) is 25.0 Å². The normalized spacial score (nSPS) is 11.2. The molecule has 1 aromatic carbocycles. The van der Waals surface area contributed by atoms with E-state index in [1.165, 1.54) is 0 Å². The number of amides is 1. The van der Waals surface area contributed by atoms with E-state index in [4.69, 9.17) is 28.6 Å². The molecule has 1 aromatic heterocycles. The fourth-order valence-corrected chi connectivity index (χ4v) is 2.71. The van der Waals surface area contributed by atoms with Gasteiger partial charge < -0.3 is 10.1 Å². The zero-order valence-electron chi connectivity index (χ0n) is 14.7. The van der Waals surface area contributed by atoms with Gasteiger partial charge in [0.2, 0.25) is 10.7 Å². The number of benzene rings is 1. The van der Waals surface area contributed by atoms with Crippen LogP contribution in [0.5, 0.6) is 5.75 Å². The lowest BCUT2D eigenvalue weighted by atomic mass is 10.2. The molecule has 0 spiro atoms. The number of rotatable bonds is 7. The molecule has 0 fully saturated rings. The number of H-pyrrole nitrogens is 1. The van der Waals surface area contributed by atoms with Gasteiger partial charge >= 0.3 is 0 Å². The fourth-order valence-electron chi connectivity index (χ4n) is 2.34. The van der Waals surface area contributed by atoms with E-state index >= 15 is 0 Å². The molecule has 0 atom stereocenters. The summed E-state index contributed by atoms with van der Waals surface area (Å²) in [5.41, 5.74) is 0.722. The number of methoxy groups -OCH3 is 1. The number of carbonyl (C=O) groups is 1. The van der Waals surface area contributed by atoms with Crippen molar-refractivity contribution < 1.29 is 9.53 Å². The molecule has 0 saturated carbocycles. The van der Waals surface area contributed by atoms with Crippen LogP contribution in [-0.4, -0.2) is 52.3 Å². The van der Waals surface area contributed by atoms with Gasteiger partial charge in [-0.25, -0.2) is 4.68 Å². The van der Waals surface area contributed by atoms with Crippen LogP contribution in [0.2, 0.25) is 5.02 Å². The Bertz CT molecular complexity index is 802. The molecule has 2 N–H and O–H groups in total. The van der Waals surface area contributed by atoms with Gasteiger partial charge in [0.1, 0.15) is 5.75 Å². The van der Waals surface area contributed by atoms with Crippen LogP contribution >= 0.6 is 23.8 Å². The summed E-state index contributed by atoms with van der Waals surface area (Å²) in [5, 5.41) is 6.56. The van der Waals surface area contributed by atoms with E-state index < -0.39 is 0 Å². The van der Waals surface area contributed by atoms with Crippen molar-refractivity contribution in [2.75, 3.05) is 20.7 Å². The van der Waals surface area contributed by atoms with E-state index in [2.05, 4.69) is 15.4 Å². The monoisotopic (exact) mass is 383 g/mol. The van der Waals surface area contributed by atoms with E-state index in [0.717, 1.165) is 5.56 Å². The minimum absolute atomic E-state index is 0.0414. The van der Waals surface area contributed by atoms with Crippen LogP contribution in [0, 0.1) is 4.77 Å². The van der Waals surface area contributed by atoms with Crippen molar-refractivity contribution in [3.63, 3.8) is 0 Å². The smallest absolute Gasteiger partial charge is 0.234 e. The molecule has 0 aliphatic rings. The molecule has 2 aromatic rings. The lowest BCUT2D eigenvalue weighted by Crippen LogP contribution is -2.39. The van der Waals surface area contributed by atoms with Crippen LogP contribution in [0.15, 0.2) is 18.2 Å². The highest BCUT2D eigenvalue weighted by Gasteiger charge is 2.13. The van der Waals surface area contributed by atoms with E-state index in [0.29, 0.717) is 28.0 Å². The van der Waals surface area contributed by atoms with Crippen LogP contribution in [0.3, 0.4) is 0 Å². The number of aromatic nitrogens is 3. The molecule has 7 nitrogen and oxygen atoms in total. The summed E-state index contributed by atoms with van der Waals surface area (Å²) in [6.45, 7) is 4.51. The maximum atomic E-state index is 11.8. The van der Waals surface area contributed by atoms with Gasteiger partial charge in [-0.2, -0.15) is 4.98 Å². The minimum atomic E-state index is -0.0414. The van der Waals surface area contributed by atoms with Crippen molar-refractivity contribution in [3.8, 4) is 17.1 Å².